The number of hydrogen-bond acceptors (Lipinski definition) is 3. The van der Waals surface area contributed by atoms with Crippen LogP contribution in [0.25, 0.3) is 0 Å². The van der Waals surface area contributed by atoms with Gasteiger partial charge in [-0.15, -0.1) is 0 Å². The predicted molar refractivity (Wildman–Crippen MR) is 69.2 cm³/mol. The number of amides is 2. The Morgan fingerprint density at radius 3 is 2.61 bits per heavy atom. The summed E-state index contributed by atoms with van der Waals surface area (Å²) in [6.07, 6.45) is 0. The summed E-state index contributed by atoms with van der Waals surface area (Å²) in [5.41, 5.74) is -0.0324. The van der Waals surface area contributed by atoms with Gasteiger partial charge >= 0.3 is 6.03 Å². The van der Waals surface area contributed by atoms with Crippen molar-refractivity contribution in [2.75, 3.05) is 20.3 Å². The van der Waals surface area contributed by atoms with Gasteiger partial charge in [0.1, 0.15) is 5.60 Å². The summed E-state index contributed by atoms with van der Waals surface area (Å²) in [5.74, 6) is 0. The average molecular weight is 252 g/mol. The van der Waals surface area contributed by atoms with E-state index in [4.69, 9.17) is 4.74 Å². The highest BCUT2D eigenvalue weighted by Crippen LogP contribution is 2.01. The Hall–Kier alpha value is -1.59. The fourth-order valence-corrected chi connectivity index (χ4v) is 1.47. The van der Waals surface area contributed by atoms with Crippen molar-refractivity contribution >= 4 is 6.03 Å². The number of methoxy groups -OCH3 is 1. The minimum Gasteiger partial charge on any atom is -0.386 e. The van der Waals surface area contributed by atoms with Crippen molar-refractivity contribution in [1.82, 2.24) is 10.6 Å². The molecule has 18 heavy (non-hydrogen) atoms. The Balaban J connectivity index is 2.26. The van der Waals surface area contributed by atoms with Gasteiger partial charge in [0.05, 0.1) is 13.2 Å². The van der Waals surface area contributed by atoms with E-state index in [-0.39, 0.29) is 19.2 Å². The molecule has 0 aromatic heterocycles. The van der Waals surface area contributed by atoms with Crippen molar-refractivity contribution in [3.05, 3.63) is 35.9 Å². The number of aliphatic hydroxyl groups is 1. The van der Waals surface area contributed by atoms with Gasteiger partial charge in [0, 0.05) is 13.7 Å². The average Bonchev–Trinajstić information content (AvgIpc) is 2.35. The van der Waals surface area contributed by atoms with E-state index in [2.05, 4.69) is 10.6 Å². The van der Waals surface area contributed by atoms with Gasteiger partial charge in [0.2, 0.25) is 0 Å². The smallest absolute Gasteiger partial charge is 0.315 e. The Morgan fingerprint density at radius 1 is 1.33 bits per heavy atom. The van der Waals surface area contributed by atoms with Gasteiger partial charge in [-0.25, -0.2) is 4.79 Å². The monoisotopic (exact) mass is 252 g/mol. The zero-order chi connectivity index (χ0) is 13.4. The van der Waals surface area contributed by atoms with Crippen LogP contribution in [0.5, 0.6) is 0 Å². The van der Waals surface area contributed by atoms with Crippen molar-refractivity contribution in [3.63, 3.8) is 0 Å². The summed E-state index contributed by atoms with van der Waals surface area (Å²) in [7, 11) is 1.50. The molecule has 3 N–H and O–H groups in total. The highest BCUT2D eigenvalue weighted by Gasteiger charge is 2.20. The summed E-state index contributed by atoms with van der Waals surface area (Å²) in [6.45, 7) is 2.38. The van der Waals surface area contributed by atoms with E-state index in [1.165, 1.54) is 7.11 Å². The van der Waals surface area contributed by atoms with E-state index in [0.717, 1.165) is 5.56 Å². The fourth-order valence-electron chi connectivity index (χ4n) is 1.47. The molecule has 1 aromatic carbocycles. The van der Waals surface area contributed by atoms with E-state index in [1.54, 1.807) is 6.92 Å². The van der Waals surface area contributed by atoms with Gasteiger partial charge < -0.3 is 20.5 Å². The van der Waals surface area contributed by atoms with E-state index in [0.29, 0.717) is 6.54 Å². The van der Waals surface area contributed by atoms with Gasteiger partial charge in [-0.05, 0) is 12.5 Å². The van der Waals surface area contributed by atoms with Crippen molar-refractivity contribution in [3.8, 4) is 0 Å². The standard InChI is InChI=1S/C13H20N2O3/c1-13(17,10-18-2)9-15-12(16)14-8-11-6-4-3-5-7-11/h3-7,17H,8-10H2,1-2H3,(H2,14,15,16)/t13-/m1/s1. The predicted octanol–water partition coefficient (Wildman–Crippen LogP) is 0.883. The molecule has 0 saturated heterocycles. The summed E-state index contributed by atoms with van der Waals surface area (Å²) in [5, 5.41) is 15.1. The second kappa shape index (κ2) is 6.98. The van der Waals surface area contributed by atoms with Crippen LogP contribution in [0.3, 0.4) is 0 Å². The number of benzene rings is 1. The quantitative estimate of drug-likeness (QED) is 0.704. The van der Waals surface area contributed by atoms with E-state index >= 15 is 0 Å². The first-order valence-electron chi connectivity index (χ1n) is 5.80. The zero-order valence-corrected chi connectivity index (χ0v) is 10.8. The lowest BCUT2D eigenvalue weighted by Crippen LogP contribution is -2.46. The van der Waals surface area contributed by atoms with Gasteiger partial charge in [-0.2, -0.15) is 0 Å². The van der Waals surface area contributed by atoms with Crippen LogP contribution in [0.15, 0.2) is 30.3 Å². The van der Waals surface area contributed by atoms with E-state index < -0.39 is 5.60 Å². The first-order chi connectivity index (χ1) is 8.53. The van der Waals surface area contributed by atoms with Crippen LogP contribution in [-0.4, -0.2) is 37.0 Å². The third kappa shape index (κ3) is 5.65. The van der Waals surface area contributed by atoms with Gasteiger partial charge in [0.15, 0.2) is 0 Å². The largest absolute Gasteiger partial charge is 0.386 e. The maximum Gasteiger partial charge on any atom is 0.315 e. The topological polar surface area (TPSA) is 70.6 Å². The molecule has 0 fully saturated rings. The number of nitrogens with one attached hydrogen (secondary N) is 2. The highest BCUT2D eigenvalue weighted by molar-refractivity contribution is 5.73. The second-order valence-corrected chi connectivity index (χ2v) is 4.45. The molecular weight excluding hydrogens is 232 g/mol. The van der Waals surface area contributed by atoms with E-state index in [1.807, 2.05) is 30.3 Å². The van der Waals surface area contributed by atoms with Crippen molar-refractivity contribution in [2.24, 2.45) is 0 Å². The molecular formula is C13H20N2O3. The third-order valence-corrected chi connectivity index (χ3v) is 2.38. The fraction of sp³-hybridized carbons (Fsp3) is 0.462. The van der Waals surface area contributed by atoms with Gasteiger partial charge in [0.25, 0.3) is 0 Å². The molecule has 0 saturated carbocycles. The first-order valence-corrected chi connectivity index (χ1v) is 5.80. The first kappa shape index (κ1) is 14.5. The molecule has 0 radical (unpaired) electrons. The molecule has 2 amide bonds. The van der Waals surface area contributed by atoms with Crippen LogP contribution in [-0.2, 0) is 11.3 Å². The Morgan fingerprint density at radius 2 is 2.00 bits per heavy atom. The minimum absolute atomic E-state index is 0.140. The third-order valence-electron chi connectivity index (χ3n) is 2.38. The van der Waals surface area contributed by atoms with Crippen molar-refractivity contribution in [1.29, 1.82) is 0 Å². The molecule has 0 heterocycles. The Labute approximate surface area is 107 Å². The summed E-state index contributed by atoms with van der Waals surface area (Å²) in [4.78, 5) is 11.5. The molecule has 0 spiro atoms. The van der Waals surface area contributed by atoms with Crippen LogP contribution in [0.4, 0.5) is 4.79 Å². The van der Waals surface area contributed by atoms with Crippen LogP contribution >= 0.6 is 0 Å². The van der Waals surface area contributed by atoms with Gasteiger partial charge in [-0.3, -0.25) is 0 Å². The van der Waals surface area contributed by atoms with Gasteiger partial charge in [-0.1, -0.05) is 30.3 Å². The molecule has 0 aliphatic rings. The lowest BCUT2D eigenvalue weighted by atomic mass is 10.1. The molecule has 0 bridgehead atoms. The molecule has 1 aromatic rings. The number of ether oxygens (including phenoxy) is 1. The number of carbonyl (C=O) groups excluding carboxylic acids is 1. The summed E-state index contributed by atoms with van der Waals surface area (Å²) >= 11 is 0. The van der Waals surface area contributed by atoms with Crippen LogP contribution in [0.2, 0.25) is 0 Å². The van der Waals surface area contributed by atoms with Crippen LogP contribution in [0.1, 0.15) is 12.5 Å². The van der Waals surface area contributed by atoms with Crippen molar-refractivity contribution < 1.29 is 14.6 Å². The Bertz CT molecular complexity index is 366. The molecule has 100 valence electrons. The molecule has 5 nitrogen and oxygen atoms in total. The summed E-state index contributed by atoms with van der Waals surface area (Å²) < 4.78 is 4.85. The van der Waals surface area contributed by atoms with Crippen LogP contribution in [0, 0.1) is 0 Å². The zero-order valence-electron chi connectivity index (χ0n) is 10.8. The molecule has 0 aliphatic heterocycles. The molecule has 5 heteroatoms. The maximum absolute atomic E-state index is 11.5. The van der Waals surface area contributed by atoms with E-state index in [9.17, 15) is 9.90 Å². The van der Waals surface area contributed by atoms with Crippen molar-refractivity contribution in [2.45, 2.75) is 19.1 Å². The SMILES string of the molecule is COC[C@](C)(O)CNC(=O)NCc1ccccc1. The molecule has 0 unspecified atom stereocenters. The summed E-state index contributed by atoms with van der Waals surface area (Å²) in [6, 6.07) is 9.31. The minimum atomic E-state index is -1.06. The normalized spacial score (nSPS) is 13.7. The number of rotatable bonds is 6. The number of urea groups is 1. The second-order valence-electron chi connectivity index (χ2n) is 4.45. The Kier molecular flexibility index (Phi) is 5.61. The molecule has 1 rings (SSSR count). The lowest BCUT2D eigenvalue weighted by Gasteiger charge is -2.22. The lowest BCUT2D eigenvalue weighted by molar-refractivity contribution is -0.0136. The molecule has 1 atom stereocenters. The van der Waals surface area contributed by atoms with Crippen LogP contribution < -0.4 is 10.6 Å². The number of hydrogen-bond donors (Lipinski definition) is 3. The highest BCUT2D eigenvalue weighted by atomic mass is 16.5. The number of carbonyl (C=O) groups is 1. The maximum atomic E-state index is 11.5. The molecule has 0 aliphatic carbocycles.